The molecule has 0 aromatic heterocycles. The van der Waals surface area contributed by atoms with Gasteiger partial charge in [0.2, 0.25) is 0 Å². The zero-order chi connectivity index (χ0) is 20.5. The van der Waals surface area contributed by atoms with Crippen molar-refractivity contribution in [1.29, 1.82) is 0 Å². The van der Waals surface area contributed by atoms with Gasteiger partial charge < -0.3 is 14.9 Å². The van der Waals surface area contributed by atoms with Gasteiger partial charge in [0.15, 0.2) is 0 Å². The van der Waals surface area contributed by atoms with Gasteiger partial charge in [0, 0.05) is 22.3 Å². The highest BCUT2D eigenvalue weighted by Gasteiger charge is 2.08. The van der Waals surface area contributed by atoms with Crippen molar-refractivity contribution in [3.63, 3.8) is 0 Å². The van der Waals surface area contributed by atoms with Crippen LogP contribution >= 0.6 is 11.8 Å². The first-order valence-corrected chi connectivity index (χ1v) is 10.5. The summed E-state index contributed by atoms with van der Waals surface area (Å²) < 4.78 is 5.91. The second-order valence-electron chi connectivity index (χ2n) is 6.93. The van der Waals surface area contributed by atoms with Crippen molar-refractivity contribution in [3.05, 3.63) is 96.1 Å². The number of aliphatic hydroxyl groups is 2. The summed E-state index contributed by atoms with van der Waals surface area (Å²) >= 11 is 1.68. The molecule has 150 valence electrons. The van der Waals surface area contributed by atoms with E-state index in [0.29, 0.717) is 6.61 Å². The van der Waals surface area contributed by atoms with Crippen LogP contribution in [-0.2, 0) is 6.61 Å². The SMILES string of the molecule is C[C@H](CO)[C@@H](O)/C=C/c1ccc(Sc2cccc(OCc3ccccc3)c2)cc1. The van der Waals surface area contributed by atoms with Crippen molar-refractivity contribution in [2.24, 2.45) is 5.92 Å². The molecule has 29 heavy (non-hydrogen) atoms. The molecule has 0 saturated heterocycles. The van der Waals surface area contributed by atoms with Gasteiger partial charge in [-0.1, -0.05) is 79.4 Å². The fourth-order valence-corrected chi connectivity index (χ4v) is 3.52. The lowest BCUT2D eigenvalue weighted by atomic mass is 10.0. The van der Waals surface area contributed by atoms with Crippen molar-refractivity contribution >= 4 is 17.8 Å². The predicted molar refractivity (Wildman–Crippen MR) is 119 cm³/mol. The van der Waals surface area contributed by atoms with Crippen molar-refractivity contribution in [2.75, 3.05) is 6.61 Å². The van der Waals surface area contributed by atoms with Gasteiger partial charge >= 0.3 is 0 Å². The third kappa shape index (κ3) is 6.79. The Morgan fingerprint density at radius 2 is 1.69 bits per heavy atom. The van der Waals surface area contributed by atoms with Crippen LogP contribution in [0.3, 0.4) is 0 Å². The lowest BCUT2D eigenvalue weighted by Crippen LogP contribution is -2.17. The lowest BCUT2D eigenvalue weighted by molar-refractivity contribution is 0.112. The van der Waals surface area contributed by atoms with Gasteiger partial charge in [0.1, 0.15) is 12.4 Å². The number of hydrogen-bond donors (Lipinski definition) is 2. The maximum absolute atomic E-state index is 9.91. The van der Waals surface area contributed by atoms with Crippen LogP contribution in [0.15, 0.2) is 94.7 Å². The molecular formula is C25H26O3S. The van der Waals surface area contributed by atoms with Crippen molar-refractivity contribution in [2.45, 2.75) is 29.4 Å². The maximum Gasteiger partial charge on any atom is 0.120 e. The summed E-state index contributed by atoms with van der Waals surface area (Å²) in [7, 11) is 0. The molecule has 3 nitrogen and oxygen atoms in total. The van der Waals surface area contributed by atoms with E-state index in [1.165, 1.54) is 0 Å². The summed E-state index contributed by atoms with van der Waals surface area (Å²) in [6.07, 6.45) is 2.95. The minimum atomic E-state index is -0.646. The summed E-state index contributed by atoms with van der Waals surface area (Å²) in [6, 6.07) is 26.4. The Hall–Kier alpha value is -2.53. The van der Waals surface area contributed by atoms with Crippen LogP contribution in [-0.4, -0.2) is 22.9 Å². The van der Waals surface area contributed by atoms with Crippen molar-refractivity contribution in [3.8, 4) is 5.75 Å². The first-order valence-electron chi connectivity index (χ1n) is 9.66. The van der Waals surface area contributed by atoms with Crippen LogP contribution < -0.4 is 4.74 Å². The first kappa shape index (κ1) is 21.2. The molecule has 0 aliphatic rings. The Labute approximate surface area is 176 Å². The lowest BCUT2D eigenvalue weighted by Gasteiger charge is -2.11. The number of ether oxygens (including phenoxy) is 1. The second-order valence-corrected chi connectivity index (χ2v) is 8.08. The molecule has 3 rings (SSSR count). The zero-order valence-electron chi connectivity index (χ0n) is 16.4. The van der Waals surface area contributed by atoms with E-state index in [1.807, 2.05) is 61.5 Å². The largest absolute Gasteiger partial charge is 0.489 e. The van der Waals surface area contributed by atoms with Crippen LogP contribution in [0.1, 0.15) is 18.1 Å². The van der Waals surface area contributed by atoms with Crippen molar-refractivity contribution < 1.29 is 14.9 Å². The molecule has 0 fully saturated rings. The monoisotopic (exact) mass is 406 g/mol. The van der Waals surface area contributed by atoms with E-state index in [1.54, 1.807) is 17.8 Å². The Morgan fingerprint density at radius 1 is 0.931 bits per heavy atom. The zero-order valence-corrected chi connectivity index (χ0v) is 17.3. The minimum absolute atomic E-state index is 0.0325. The van der Waals surface area contributed by atoms with E-state index in [9.17, 15) is 5.11 Å². The van der Waals surface area contributed by atoms with Gasteiger partial charge in [0.25, 0.3) is 0 Å². The average Bonchev–Trinajstić information content (AvgIpc) is 2.77. The molecule has 2 N–H and O–H groups in total. The van der Waals surface area contributed by atoms with E-state index in [0.717, 1.165) is 26.7 Å². The third-order valence-electron chi connectivity index (χ3n) is 4.53. The fraction of sp³-hybridized carbons (Fsp3) is 0.200. The summed E-state index contributed by atoms with van der Waals surface area (Å²) in [5, 5.41) is 19.0. The molecular weight excluding hydrogens is 380 g/mol. The number of hydrogen-bond acceptors (Lipinski definition) is 4. The highest BCUT2D eigenvalue weighted by atomic mass is 32.2. The van der Waals surface area contributed by atoms with Gasteiger partial charge in [-0.3, -0.25) is 0 Å². The number of benzene rings is 3. The molecule has 0 saturated carbocycles. The summed E-state index contributed by atoms with van der Waals surface area (Å²) in [5.41, 5.74) is 2.16. The standard InChI is InChI=1S/C25H26O3S/c1-19(17-26)25(27)15-12-20-10-13-23(14-11-20)29-24-9-5-8-22(16-24)28-18-21-6-3-2-4-7-21/h2-16,19,25-27H,17-18H2,1H3/b15-12+/t19-,25+/m1/s1. The van der Waals surface area contributed by atoms with E-state index in [-0.39, 0.29) is 12.5 Å². The fourth-order valence-electron chi connectivity index (χ4n) is 2.66. The molecule has 0 radical (unpaired) electrons. The van der Waals surface area contributed by atoms with Crippen LogP contribution in [0.4, 0.5) is 0 Å². The molecule has 0 amide bonds. The van der Waals surface area contributed by atoms with Gasteiger partial charge in [-0.2, -0.15) is 0 Å². The highest BCUT2D eigenvalue weighted by Crippen LogP contribution is 2.30. The normalized spacial score (nSPS) is 13.3. The van der Waals surface area contributed by atoms with E-state index in [2.05, 4.69) is 30.3 Å². The van der Waals surface area contributed by atoms with Crippen LogP contribution in [0.2, 0.25) is 0 Å². The van der Waals surface area contributed by atoms with Gasteiger partial charge in [0.05, 0.1) is 6.10 Å². The Morgan fingerprint density at radius 3 is 2.41 bits per heavy atom. The number of rotatable bonds is 9. The first-order chi connectivity index (χ1) is 14.1. The van der Waals surface area contributed by atoms with Gasteiger partial charge in [-0.05, 0) is 41.5 Å². The van der Waals surface area contributed by atoms with E-state index >= 15 is 0 Å². The number of aliphatic hydroxyl groups excluding tert-OH is 2. The van der Waals surface area contributed by atoms with E-state index < -0.39 is 6.10 Å². The van der Waals surface area contributed by atoms with Gasteiger partial charge in [-0.25, -0.2) is 0 Å². The molecule has 0 aliphatic heterocycles. The average molecular weight is 407 g/mol. The minimum Gasteiger partial charge on any atom is -0.489 e. The molecule has 0 heterocycles. The molecule has 2 atom stereocenters. The third-order valence-corrected chi connectivity index (χ3v) is 5.52. The molecule has 0 spiro atoms. The highest BCUT2D eigenvalue weighted by molar-refractivity contribution is 7.99. The van der Waals surface area contributed by atoms with Crippen LogP contribution in [0, 0.1) is 5.92 Å². The molecule has 4 heteroatoms. The predicted octanol–water partition coefficient (Wildman–Crippen LogP) is 5.42. The maximum atomic E-state index is 9.91. The second kappa shape index (κ2) is 10.9. The Kier molecular flexibility index (Phi) is 7.94. The molecule has 0 bridgehead atoms. The molecule has 0 unspecified atom stereocenters. The van der Waals surface area contributed by atoms with E-state index in [4.69, 9.17) is 9.84 Å². The van der Waals surface area contributed by atoms with Gasteiger partial charge in [-0.15, -0.1) is 0 Å². The van der Waals surface area contributed by atoms with Crippen LogP contribution in [0.5, 0.6) is 5.75 Å². The molecule has 3 aromatic rings. The van der Waals surface area contributed by atoms with Crippen LogP contribution in [0.25, 0.3) is 6.08 Å². The Balaban J connectivity index is 1.58. The summed E-state index contributed by atoms with van der Waals surface area (Å²) in [6.45, 7) is 2.33. The molecule has 0 aliphatic carbocycles. The summed E-state index contributed by atoms with van der Waals surface area (Å²) in [4.78, 5) is 2.25. The Bertz CT molecular complexity index is 907. The smallest absolute Gasteiger partial charge is 0.120 e. The topological polar surface area (TPSA) is 49.7 Å². The van der Waals surface area contributed by atoms with Crippen molar-refractivity contribution in [1.82, 2.24) is 0 Å². The molecule has 3 aromatic carbocycles. The quantitative estimate of drug-likeness (QED) is 0.498. The summed E-state index contributed by atoms with van der Waals surface area (Å²) in [5.74, 6) is 0.683.